The Morgan fingerprint density at radius 2 is 1.17 bits per heavy atom. The van der Waals surface area contributed by atoms with Gasteiger partial charge in [0.1, 0.15) is 54.9 Å². The van der Waals surface area contributed by atoms with Gasteiger partial charge in [-0.1, -0.05) is 88.3 Å². The lowest BCUT2D eigenvalue weighted by Crippen LogP contribution is -2.61. The highest BCUT2D eigenvalue weighted by Gasteiger charge is 2.49. The molecule has 1 aliphatic heterocycles. The van der Waals surface area contributed by atoms with E-state index in [2.05, 4.69) is 16.0 Å². The van der Waals surface area contributed by atoms with Crippen LogP contribution in [-0.4, -0.2) is 199 Å². The van der Waals surface area contributed by atoms with Crippen LogP contribution in [0.5, 0.6) is 0 Å². The van der Waals surface area contributed by atoms with Crippen LogP contribution in [0.2, 0.25) is 0 Å². The molecule has 21 heteroatoms. The molecule has 0 aliphatic carbocycles. The van der Waals surface area contributed by atoms with Crippen molar-refractivity contribution in [3.05, 3.63) is 12.2 Å². The fourth-order valence-corrected chi connectivity index (χ4v) is 10.0. The van der Waals surface area contributed by atoms with Crippen molar-refractivity contribution >= 4 is 59.1 Å². The van der Waals surface area contributed by atoms with Crippen LogP contribution >= 0.6 is 0 Å². The van der Waals surface area contributed by atoms with Crippen LogP contribution in [0, 0.1) is 41.4 Å². The van der Waals surface area contributed by atoms with Crippen LogP contribution in [0.3, 0.4) is 0 Å². The van der Waals surface area contributed by atoms with Crippen LogP contribution in [0.25, 0.3) is 0 Å². The molecule has 77 heavy (non-hydrogen) atoms. The second-order valence-electron chi connectivity index (χ2n) is 23.2. The minimum atomic E-state index is -1.16. The number of nitrogens with one attached hydrogen (secondary N) is 3. The van der Waals surface area contributed by atoms with E-state index in [-0.39, 0.29) is 55.4 Å². The van der Waals surface area contributed by atoms with E-state index in [0.29, 0.717) is 19.3 Å². The van der Waals surface area contributed by atoms with Gasteiger partial charge in [-0.15, -0.1) is 0 Å². The highest BCUT2D eigenvalue weighted by molar-refractivity contribution is 5.98. The predicted molar refractivity (Wildman–Crippen MR) is 297 cm³/mol. The molecule has 440 valence electrons. The van der Waals surface area contributed by atoms with Crippen LogP contribution < -0.4 is 21.7 Å². The molecule has 1 aliphatic rings. The average molecular weight is 1090 g/mol. The summed E-state index contributed by atoms with van der Waals surface area (Å²) in [6.45, 7) is 25.2. The highest BCUT2D eigenvalue weighted by Crippen LogP contribution is 2.36. The molecule has 1 fully saturated rings. The van der Waals surface area contributed by atoms with E-state index in [1.165, 1.54) is 92.6 Å². The van der Waals surface area contributed by atoms with E-state index >= 15 is 4.79 Å². The van der Waals surface area contributed by atoms with Gasteiger partial charge in [0.25, 0.3) is 0 Å². The van der Waals surface area contributed by atoms with Crippen molar-refractivity contribution in [2.75, 3.05) is 55.9 Å². The largest absolute Gasteiger partial charge is 0.468 e. The summed E-state index contributed by atoms with van der Waals surface area (Å²) in [5.74, 6) is -6.81. The summed E-state index contributed by atoms with van der Waals surface area (Å²) in [7, 11) is 10.2. The molecule has 1 unspecified atom stereocenters. The van der Waals surface area contributed by atoms with Crippen molar-refractivity contribution in [2.24, 2.45) is 47.2 Å². The van der Waals surface area contributed by atoms with E-state index in [1.54, 1.807) is 6.92 Å². The van der Waals surface area contributed by atoms with Gasteiger partial charge in [0.2, 0.25) is 53.2 Å². The Morgan fingerprint density at radius 3 is 1.65 bits per heavy atom. The lowest BCUT2D eigenvalue weighted by atomic mass is 9.78. The van der Waals surface area contributed by atoms with Crippen LogP contribution in [0.4, 0.5) is 0 Å². The highest BCUT2D eigenvalue weighted by atomic mass is 16.5. The molecule has 0 bridgehead atoms. The summed E-state index contributed by atoms with van der Waals surface area (Å²) in [6, 6.07) is -9.29. The Bertz CT molecular complexity index is 2060. The zero-order valence-electron chi connectivity index (χ0n) is 50.6. The summed E-state index contributed by atoms with van der Waals surface area (Å²) in [5.41, 5.74) is 6.14. The Morgan fingerprint density at radius 1 is 0.688 bits per heavy atom. The Hall–Kier alpha value is -5.60. The molecular formula is C56H100N10O11. The van der Waals surface area contributed by atoms with Gasteiger partial charge in [0, 0.05) is 42.3 Å². The van der Waals surface area contributed by atoms with Gasteiger partial charge in [-0.3, -0.25) is 47.9 Å². The summed E-state index contributed by atoms with van der Waals surface area (Å²) in [6.07, 6.45) is 5.76. The number of nitrogens with zero attached hydrogens (tertiary/aromatic N) is 6. The van der Waals surface area contributed by atoms with Crippen LogP contribution in [0.1, 0.15) is 135 Å². The topological polar surface area (TPSA) is 261 Å². The molecule has 0 saturated carbocycles. The van der Waals surface area contributed by atoms with E-state index in [1.807, 2.05) is 88.3 Å². The van der Waals surface area contributed by atoms with Gasteiger partial charge in [-0.05, 0) is 101 Å². The zero-order chi connectivity index (χ0) is 59.7. The van der Waals surface area contributed by atoms with Gasteiger partial charge < -0.3 is 55.8 Å². The third-order valence-electron chi connectivity index (χ3n) is 15.0. The molecular weight excluding hydrogens is 989 g/mol. The second kappa shape index (κ2) is 31.7. The number of likely N-dealkylation sites (N-methyl/N-ethyl adjacent to an activating group) is 6. The van der Waals surface area contributed by atoms with Crippen molar-refractivity contribution < 1.29 is 52.7 Å². The fourth-order valence-electron chi connectivity index (χ4n) is 10.0. The molecule has 12 atom stereocenters. The number of esters is 1. The predicted octanol–water partition coefficient (Wildman–Crippen LogP) is 3.04. The molecule has 0 radical (unpaired) electrons. The minimum Gasteiger partial charge on any atom is -0.468 e. The van der Waals surface area contributed by atoms with Gasteiger partial charge in [-0.2, -0.15) is 0 Å². The minimum absolute atomic E-state index is 0.0200. The van der Waals surface area contributed by atoms with Crippen molar-refractivity contribution in [1.82, 2.24) is 45.3 Å². The van der Waals surface area contributed by atoms with Crippen LogP contribution in [0.15, 0.2) is 12.2 Å². The van der Waals surface area contributed by atoms with Crippen molar-refractivity contribution in [3.63, 3.8) is 0 Å². The van der Waals surface area contributed by atoms with Gasteiger partial charge in [0.15, 0.2) is 0 Å². The Kier molecular flexibility index (Phi) is 28.6. The summed E-state index contributed by atoms with van der Waals surface area (Å²) in [4.78, 5) is 147. The van der Waals surface area contributed by atoms with Crippen LogP contribution in [-0.2, 0) is 52.7 Å². The molecule has 1 saturated heterocycles. The summed E-state index contributed by atoms with van der Waals surface area (Å²) >= 11 is 0. The lowest BCUT2D eigenvalue weighted by molar-refractivity contribution is -0.155. The number of hydrogen-bond donors (Lipinski definition) is 4. The number of allylic oxidation sites excluding steroid dienone is 2. The maximum atomic E-state index is 15.1. The quantitative estimate of drug-likeness (QED) is 0.0652. The number of carbonyl (C=O) groups is 10. The number of carbonyl (C=O) groups excluding carboxylic acids is 10. The first-order valence-corrected chi connectivity index (χ1v) is 27.6. The monoisotopic (exact) mass is 1090 g/mol. The normalized spacial score (nSPS) is 20.0. The molecule has 0 spiro atoms. The summed E-state index contributed by atoms with van der Waals surface area (Å²) < 4.78 is 4.73. The molecule has 1 heterocycles. The zero-order valence-corrected chi connectivity index (χ0v) is 50.6. The number of likely N-dealkylation sites (tertiary alicyclic amines) is 1. The molecule has 0 aromatic carbocycles. The molecule has 0 aromatic rings. The molecule has 0 aromatic heterocycles. The third kappa shape index (κ3) is 19.4. The van der Waals surface area contributed by atoms with Gasteiger partial charge in [-0.25, -0.2) is 0 Å². The second-order valence-corrected chi connectivity index (χ2v) is 23.2. The SMILES string of the molecule is C/C=C/C[C@@H](C)[C@H]1CC(C)[C@H](N(C)C(=O)[C@H](CC(C)C)N(C)C(=O)[C@H](CC(C)C)N(C)C(=O)[C@@H](C)NC(=O)[C@H](C)NC(=O)[C@H](CC(C)C)N(C)C(=O)[C@@H](N)C(C)C)C(=O)N(C)[C@@H]1C(=O)N[C@@H](CC)C(=O)N(C)CC(=O)OC. The van der Waals surface area contributed by atoms with E-state index < -0.39 is 125 Å². The smallest absolute Gasteiger partial charge is 0.325 e. The van der Waals surface area contributed by atoms with Crippen molar-refractivity contribution in [1.29, 1.82) is 0 Å². The first kappa shape index (κ1) is 69.4. The Balaban J connectivity index is 3.59. The number of nitrogens with two attached hydrogens (primary N) is 1. The number of methoxy groups -OCH3 is 1. The maximum absolute atomic E-state index is 15.1. The van der Waals surface area contributed by atoms with Crippen molar-refractivity contribution in [2.45, 2.75) is 190 Å². The maximum Gasteiger partial charge on any atom is 0.325 e. The molecule has 21 nitrogen and oxygen atoms in total. The van der Waals surface area contributed by atoms with Crippen molar-refractivity contribution in [3.8, 4) is 0 Å². The molecule has 5 N–H and O–H groups in total. The number of rotatable bonds is 28. The number of hydrogen-bond acceptors (Lipinski definition) is 12. The fraction of sp³-hybridized carbons (Fsp3) is 0.786. The number of amides is 9. The van der Waals surface area contributed by atoms with E-state index in [4.69, 9.17) is 10.5 Å². The molecule has 9 amide bonds. The third-order valence-corrected chi connectivity index (χ3v) is 15.0. The van der Waals surface area contributed by atoms with E-state index in [0.717, 1.165) is 0 Å². The number of ether oxygens (including phenoxy) is 1. The average Bonchev–Trinajstić information content (AvgIpc) is 3.46. The first-order chi connectivity index (χ1) is 35.6. The van der Waals surface area contributed by atoms with E-state index in [9.17, 15) is 43.2 Å². The Labute approximate surface area is 460 Å². The molecule has 1 rings (SSSR count). The van der Waals surface area contributed by atoms with Gasteiger partial charge >= 0.3 is 5.97 Å². The lowest BCUT2D eigenvalue weighted by Gasteiger charge is -2.40. The first-order valence-electron chi connectivity index (χ1n) is 27.6. The summed E-state index contributed by atoms with van der Waals surface area (Å²) in [5, 5.41) is 8.24. The standard InChI is InChI=1S/C56H100N10O11/c1-22-24-25-35(11)39-29-36(12)46(56(76)66(20)47(39)50(70)60-40(23-2)52(72)61(15)30-44(67)77-21)65(19)54(74)43(28-33(7)8)64(18)53(73)42(27-32(5)6)63(17)51(71)38(14)59-48(68)37(13)58-49(69)41(26-31(3)4)62(16)55(75)45(57)34(9)10/h22,24,31-43,45-47H,23,25-30,57H2,1-21H3,(H,58,69)(H,59,68)(H,60,70)/b24-22+/t35-,36?,37+,38-,39-,40+,41+,42+,43+,45+,46+,47+/m1/s1. The van der Waals surface area contributed by atoms with Gasteiger partial charge in [0.05, 0.1) is 13.2 Å².